The van der Waals surface area contributed by atoms with Crippen LogP contribution in [0.2, 0.25) is 0 Å². The van der Waals surface area contributed by atoms with Crippen LogP contribution in [0.3, 0.4) is 0 Å². The fraction of sp³-hybridized carbons (Fsp3) is 0.857. The molecule has 21 heavy (non-hydrogen) atoms. The molecule has 1 saturated heterocycles. The van der Waals surface area contributed by atoms with E-state index in [2.05, 4.69) is 15.5 Å². The lowest BCUT2D eigenvalue weighted by molar-refractivity contribution is -0.121. The van der Waals surface area contributed by atoms with Gasteiger partial charge in [-0.1, -0.05) is 0 Å². The van der Waals surface area contributed by atoms with Crippen molar-refractivity contribution in [1.82, 2.24) is 20.4 Å². The van der Waals surface area contributed by atoms with Gasteiger partial charge in [-0.05, 0) is 40.3 Å². The number of carbonyl (C=O) groups excluding carboxylic acids is 2. The maximum atomic E-state index is 11.9. The van der Waals surface area contributed by atoms with Gasteiger partial charge < -0.3 is 10.4 Å². The van der Waals surface area contributed by atoms with Gasteiger partial charge in [0.1, 0.15) is 0 Å². The summed E-state index contributed by atoms with van der Waals surface area (Å²) in [7, 11) is 0. The topological polar surface area (TPSA) is 84.9 Å². The molecule has 0 aromatic rings. The highest BCUT2D eigenvalue weighted by atomic mass is 16.3. The van der Waals surface area contributed by atoms with Crippen molar-refractivity contribution in [3.8, 4) is 0 Å². The average Bonchev–Trinajstić information content (AvgIpc) is 2.52. The van der Waals surface area contributed by atoms with Crippen molar-refractivity contribution in [1.29, 1.82) is 0 Å². The number of aliphatic hydroxyl groups excluding tert-OH is 1. The van der Waals surface area contributed by atoms with Crippen LogP contribution in [0.25, 0.3) is 0 Å². The predicted octanol–water partition coefficient (Wildman–Crippen LogP) is -0.389. The summed E-state index contributed by atoms with van der Waals surface area (Å²) in [4.78, 5) is 27.7. The lowest BCUT2D eigenvalue weighted by Gasteiger charge is -2.22. The van der Waals surface area contributed by atoms with Crippen LogP contribution in [-0.4, -0.2) is 78.3 Å². The third-order valence-corrected chi connectivity index (χ3v) is 3.21. The van der Waals surface area contributed by atoms with E-state index in [1.165, 1.54) is 0 Å². The van der Waals surface area contributed by atoms with Crippen LogP contribution in [-0.2, 0) is 4.79 Å². The Morgan fingerprint density at radius 2 is 1.71 bits per heavy atom. The number of amides is 3. The molecule has 1 aliphatic heterocycles. The van der Waals surface area contributed by atoms with E-state index < -0.39 is 6.03 Å². The normalized spacial score (nSPS) is 18.1. The Morgan fingerprint density at radius 3 is 2.33 bits per heavy atom. The summed E-state index contributed by atoms with van der Waals surface area (Å²) in [5.41, 5.74) is -0.363. The number of aliphatic hydroxyl groups is 1. The second kappa shape index (κ2) is 8.31. The van der Waals surface area contributed by atoms with Crippen LogP contribution in [0.4, 0.5) is 4.79 Å². The van der Waals surface area contributed by atoms with Crippen LogP contribution in [0, 0.1) is 0 Å². The molecule has 1 fully saturated rings. The standard InChI is InChI=1S/C14H28N4O3/c1-14(2,3)16-13(21)15-12(20)11-18-6-4-5-17(7-8-18)9-10-19/h19H,4-11H2,1-3H3,(H2,15,16,20,21). The van der Waals surface area contributed by atoms with E-state index in [0.29, 0.717) is 6.54 Å². The monoisotopic (exact) mass is 300 g/mol. The van der Waals surface area contributed by atoms with Gasteiger partial charge in [-0.2, -0.15) is 0 Å². The lowest BCUT2D eigenvalue weighted by atomic mass is 10.1. The molecule has 0 aromatic heterocycles. The van der Waals surface area contributed by atoms with Gasteiger partial charge in [-0.15, -0.1) is 0 Å². The van der Waals surface area contributed by atoms with Gasteiger partial charge in [-0.25, -0.2) is 4.79 Å². The van der Waals surface area contributed by atoms with Crippen molar-refractivity contribution >= 4 is 11.9 Å². The van der Waals surface area contributed by atoms with Crippen molar-refractivity contribution < 1.29 is 14.7 Å². The van der Waals surface area contributed by atoms with E-state index >= 15 is 0 Å². The number of nitrogens with zero attached hydrogens (tertiary/aromatic N) is 2. The van der Waals surface area contributed by atoms with E-state index in [-0.39, 0.29) is 24.6 Å². The highest BCUT2D eigenvalue weighted by molar-refractivity contribution is 5.95. The molecule has 0 aliphatic carbocycles. The molecule has 1 aliphatic rings. The Morgan fingerprint density at radius 1 is 1.10 bits per heavy atom. The third kappa shape index (κ3) is 7.99. The number of urea groups is 1. The van der Waals surface area contributed by atoms with Crippen LogP contribution >= 0.6 is 0 Å². The molecule has 0 bridgehead atoms. The fourth-order valence-electron chi connectivity index (χ4n) is 2.29. The summed E-state index contributed by atoms with van der Waals surface area (Å²) >= 11 is 0. The van der Waals surface area contributed by atoms with Crippen molar-refractivity contribution in [3.63, 3.8) is 0 Å². The van der Waals surface area contributed by atoms with Gasteiger partial charge in [0.2, 0.25) is 5.91 Å². The molecule has 122 valence electrons. The number of carbonyl (C=O) groups is 2. The van der Waals surface area contributed by atoms with Crippen LogP contribution in [0.15, 0.2) is 0 Å². The molecule has 1 heterocycles. The Kier molecular flexibility index (Phi) is 7.07. The zero-order chi connectivity index (χ0) is 15.9. The van der Waals surface area contributed by atoms with Crippen LogP contribution < -0.4 is 10.6 Å². The molecule has 0 radical (unpaired) electrons. The van der Waals surface area contributed by atoms with Crippen molar-refractivity contribution in [2.45, 2.75) is 32.7 Å². The number of rotatable bonds is 4. The van der Waals surface area contributed by atoms with Gasteiger partial charge in [0.15, 0.2) is 0 Å². The molecule has 3 N–H and O–H groups in total. The Hall–Kier alpha value is -1.18. The summed E-state index contributed by atoms with van der Waals surface area (Å²) in [6.07, 6.45) is 0.960. The third-order valence-electron chi connectivity index (χ3n) is 3.21. The lowest BCUT2D eigenvalue weighted by Crippen LogP contribution is -2.50. The molecule has 7 heteroatoms. The van der Waals surface area contributed by atoms with Crippen LogP contribution in [0.1, 0.15) is 27.2 Å². The molecule has 0 aromatic carbocycles. The van der Waals surface area contributed by atoms with E-state index in [1.54, 1.807) is 0 Å². The summed E-state index contributed by atoms with van der Waals surface area (Å²) in [6, 6.07) is -0.454. The van der Waals surface area contributed by atoms with Gasteiger partial charge in [0, 0.05) is 25.2 Å². The number of imide groups is 1. The van der Waals surface area contributed by atoms with E-state index in [0.717, 1.165) is 32.6 Å². The Labute approximate surface area is 126 Å². The minimum Gasteiger partial charge on any atom is -0.395 e. The second-order valence-corrected chi connectivity index (χ2v) is 6.45. The number of nitrogens with one attached hydrogen (secondary N) is 2. The minimum atomic E-state index is -0.454. The van der Waals surface area contributed by atoms with Gasteiger partial charge in [0.25, 0.3) is 0 Å². The van der Waals surface area contributed by atoms with Gasteiger partial charge in [0.05, 0.1) is 13.2 Å². The van der Waals surface area contributed by atoms with Gasteiger partial charge in [-0.3, -0.25) is 19.9 Å². The minimum absolute atomic E-state index is 0.160. The maximum Gasteiger partial charge on any atom is 0.321 e. The number of hydrogen-bond acceptors (Lipinski definition) is 5. The quantitative estimate of drug-likeness (QED) is 0.658. The summed E-state index contributed by atoms with van der Waals surface area (Å²) in [6.45, 7) is 10.0. The molecule has 0 atom stereocenters. The second-order valence-electron chi connectivity index (χ2n) is 6.45. The number of hydrogen-bond donors (Lipinski definition) is 3. The molecular weight excluding hydrogens is 272 g/mol. The molecule has 0 saturated carbocycles. The smallest absolute Gasteiger partial charge is 0.321 e. The van der Waals surface area contributed by atoms with E-state index in [1.807, 2.05) is 25.7 Å². The first-order valence-corrected chi connectivity index (χ1v) is 7.48. The zero-order valence-electron chi connectivity index (χ0n) is 13.3. The molecule has 0 unspecified atom stereocenters. The molecule has 1 rings (SSSR count). The first kappa shape index (κ1) is 17.9. The maximum absolute atomic E-state index is 11.9. The highest BCUT2D eigenvalue weighted by Crippen LogP contribution is 2.02. The Balaban J connectivity index is 2.32. The molecule has 3 amide bonds. The summed E-state index contributed by atoms with van der Waals surface area (Å²) in [5, 5.41) is 14.0. The number of β-amino-alcohol motifs (C(OH)–C–C–N with tert-alkyl or cyclic N) is 1. The summed E-state index contributed by atoms with van der Waals surface area (Å²) in [5.74, 6) is -0.285. The van der Waals surface area contributed by atoms with Crippen LogP contribution in [0.5, 0.6) is 0 Å². The highest BCUT2D eigenvalue weighted by Gasteiger charge is 2.19. The van der Waals surface area contributed by atoms with Crippen molar-refractivity contribution in [2.75, 3.05) is 45.9 Å². The molecule has 0 spiro atoms. The van der Waals surface area contributed by atoms with E-state index in [4.69, 9.17) is 5.11 Å². The molecular formula is C14H28N4O3. The van der Waals surface area contributed by atoms with E-state index in [9.17, 15) is 9.59 Å². The SMILES string of the molecule is CC(C)(C)NC(=O)NC(=O)CN1CCCN(CCO)CC1. The van der Waals surface area contributed by atoms with Crippen molar-refractivity contribution in [3.05, 3.63) is 0 Å². The first-order chi connectivity index (χ1) is 9.80. The Bertz CT molecular complexity index is 355. The first-order valence-electron chi connectivity index (χ1n) is 7.48. The van der Waals surface area contributed by atoms with Gasteiger partial charge >= 0.3 is 6.03 Å². The largest absolute Gasteiger partial charge is 0.395 e. The summed E-state index contributed by atoms with van der Waals surface area (Å²) < 4.78 is 0. The average molecular weight is 300 g/mol. The molecule has 7 nitrogen and oxygen atoms in total. The zero-order valence-corrected chi connectivity index (χ0v) is 13.3. The van der Waals surface area contributed by atoms with Crippen molar-refractivity contribution in [2.24, 2.45) is 0 Å². The fourth-order valence-corrected chi connectivity index (χ4v) is 2.29. The predicted molar refractivity (Wildman–Crippen MR) is 81.0 cm³/mol.